The lowest BCUT2D eigenvalue weighted by atomic mass is 10.0. The van der Waals surface area contributed by atoms with Crippen LogP contribution in [0.3, 0.4) is 0 Å². The highest BCUT2D eigenvalue weighted by Gasteiger charge is 2.54. The SMILES string of the molecule is O=C(OCc1ccc([N+](=O)[O-])cc1)C1=C(O)CS[C@@H]2C(NC(=O)c3ccc(Cl)cc3)C(=O)N12. The second kappa shape index (κ2) is 9.12. The Kier molecular flexibility index (Phi) is 6.25. The number of hydrogen-bond donors (Lipinski definition) is 2. The maximum absolute atomic E-state index is 12.7. The first-order valence-corrected chi connectivity index (χ1v) is 11.0. The van der Waals surface area contributed by atoms with Crippen molar-refractivity contribution < 1.29 is 29.2 Å². The van der Waals surface area contributed by atoms with E-state index in [2.05, 4.69) is 5.32 Å². The number of amides is 2. The van der Waals surface area contributed by atoms with Gasteiger partial charge in [0, 0.05) is 22.7 Å². The molecule has 2 atom stereocenters. The Morgan fingerprint density at radius 1 is 1.21 bits per heavy atom. The number of halogens is 1. The zero-order valence-electron chi connectivity index (χ0n) is 16.8. The average Bonchev–Trinajstić information content (AvgIpc) is 2.81. The number of nitrogens with one attached hydrogen (secondary N) is 1. The maximum atomic E-state index is 12.7. The molecule has 0 aromatic heterocycles. The highest BCUT2D eigenvalue weighted by atomic mass is 35.5. The predicted octanol–water partition coefficient (Wildman–Crippen LogP) is 2.77. The number of hydrogen-bond acceptors (Lipinski definition) is 8. The molecule has 2 aliphatic heterocycles. The number of rotatable bonds is 6. The van der Waals surface area contributed by atoms with E-state index in [1.165, 1.54) is 48.2 Å². The van der Waals surface area contributed by atoms with Crippen molar-refractivity contribution in [2.45, 2.75) is 18.0 Å². The molecule has 2 amide bonds. The van der Waals surface area contributed by atoms with Crippen molar-refractivity contribution in [3.8, 4) is 0 Å². The molecular formula is C21H16ClN3O7S. The van der Waals surface area contributed by atoms with Gasteiger partial charge in [-0.05, 0) is 42.0 Å². The number of nitro groups is 1. The van der Waals surface area contributed by atoms with Gasteiger partial charge in [0.1, 0.15) is 23.8 Å². The summed E-state index contributed by atoms with van der Waals surface area (Å²) in [5.41, 5.74) is 0.449. The van der Waals surface area contributed by atoms with Crippen molar-refractivity contribution in [2.24, 2.45) is 0 Å². The van der Waals surface area contributed by atoms with Gasteiger partial charge >= 0.3 is 5.97 Å². The van der Waals surface area contributed by atoms with Crippen LogP contribution in [0.15, 0.2) is 60.0 Å². The molecule has 10 nitrogen and oxygen atoms in total. The summed E-state index contributed by atoms with van der Waals surface area (Å²) in [6.07, 6.45) is 0. The first-order chi connectivity index (χ1) is 15.8. The van der Waals surface area contributed by atoms with Gasteiger partial charge in [-0.25, -0.2) is 4.79 Å². The first kappa shape index (κ1) is 22.6. The smallest absolute Gasteiger partial charge is 0.358 e. The molecule has 0 aliphatic carbocycles. The Bertz CT molecular complexity index is 1170. The second-order valence-electron chi connectivity index (χ2n) is 7.16. The van der Waals surface area contributed by atoms with Crippen LogP contribution in [0.5, 0.6) is 0 Å². The van der Waals surface area contributed by atoms with Crippen LogP contribution in [0.1, 0.15) is 15.9 Å². The number of thioether (sulfide) groups is 1. The number of carbonyl (C=O) groups is 3. The largest absolute Gasteiger partial charge is 0.509 e. The van der Waals surface area contributed by atoms with Crippen LogP contribution in [-0.2, 0) is 20.9 Å². The zero-order valence-corrected chi connectivity index (χ0v) is 18.3. The summed E-state index contributed by atoms with van der Waals surface area (Å²) in [6.45, 7) is -0.204. The molecule has 1 fully saturated rings. The van der Waals surface area contributed by atoms with Crippen LogP contribution in [-0.4, -0.2) is 49.9 Å². The number of aliphatic hydroxyl groups is 1. The highest BCUT2D eigenvalue weighted by Crippen LogP contribution is 2.40. The number of β-lactam (4-membered cyclic amide) rings is 1. The van der Waals surface area contributed by atoms with E-state index < -0.39 is 34.1 Å². The van der Waals surface area contributed by atoms with Gasteiger partial charge in [-0.3, -0.25) is 24.6 Å². The van der Waals surface area contributed by atoms with Crippen molar-refractivity contribution in [1.29, 1.82) is 0 Å². The lowest BCUT2D eigenvalue weighted by Gasteiger charge is -2.48. The van der Waals surface area contributed by atoms with Gasteiger partial charge in [0.15, 0.2) is 5.70 Å². The minimum Gasteiger partial charge on any atom is -0.509 e. The number of nitrogens with zero attached hydrogens (tertiary/aromatic N) is 2. The van der Waals surface area contributed by atoms with E-state index in [1.807, 2.05) is 0 Å². The fourth-order valence-corrected chi connectivity index (χ4v) is 4.68. The number of fused-ring (bicyclic) bond motifs is 1. The van der Waals surface area contributed by atoms with Crippen LogP contribution in [0.4, 0.5) is 5.69 Å². The van der Waals surface area contributed by atoms with E-state index in [1.54, 1.807) is 12.1 Å². The van der Waals surface area contributed by atoms with E-state index >= 15 is 0 Å². The number of esters is 1. The quantitative estimate of drug-likeness (QED) is 0.273. The molecule has 170 valence electrons. The summed E-state index contributed by atoms with van der Waals surface area (Å²) in [7, 11) is 0. The van der Waals surface area contributed by atoms with E-state index in [9.17, 15) is 29.6 Å². The number of non-ortho nitro benzene ring substituents is 1. The van der Waals surface area contributed by atoms with Crippen LogP contribution < -0.4 is 5.32 Å². The number of aliphatic hydroxyl groups excluding tert-OH is 1. The van der Waals surface area contributed by atoms with Crippen molar-refractivity contribution in [3.05, 3.63) is 86.3 Å². The topological polar surface area (TPSA) is 139 Å². The number of carbonyl (C=O) groups excluding carboxylic acids is 3. The molecule has 4 rings (SSSR count). The highest BCUT2D eigenvalue weighted by molar-refractivity contribution is 8.00. The molecule has 2 aliphatic rings. The zero-order chi connectivity index (χ0) is 23.7. The van der Waals surface area contributed by atoms with Crippen molar-refractivity contribution in [2.75, 3.05) is 5.75 Å². The van der Waals surface area contributed by atoms with Gasteiger partial charge in [0.05, 0.1) is 10.7 Å². The molecular weight excluding hydrogens is 474 g/mol. The Balaban J connectivity index is 1.41. The molecule has 0 bridgehead atoms. The predicted molar refractivity (Wildman–Crippen MR) is 118 cm³/mol. The normalized spacial score (nSPS) is 19.4. The van der Waals surface area contributed by atoms with E-state index in [0.717, 1.165) is 4.90 Å². The van der Waals surface area contributed by atoms with Crippen LogP contribution >= 0.6 is 23.4 Å². The standard InChI is InChI=1S/C21H16ClN3O7S/c22-13-5-3-12(4-6-13)18(27)23-16-19(28)24-17(15(26)10-33-20(16)24)21(29)32-9-11-1-7-14(8-2-11)25(30)31/h1-8,16,20,26H,9-10H2,(H,23,27)/t16?,20-/m1/s1. The molecule has 0 radical (unpaired) electrons. The fourth-order valence-electron chi connectivity index (χ4n) is 3.35. The van der Waals surface area contributed by atoms with Gasteiger partial charge in [0.25, 0.3) is 17.5 Å². The third-order valence-electron chi connectivity index (χ3n) is 5.05. The summed E-state index contributed by atoms with van der Waals surface area (Å²) in [5.74, 6) is -2.17. The Morgan fingerprint density at radius 2 is 1.88 bits per heavy atom. The van der Waals surface area contributed by atoms with Crippen molar-refractivity contribution >= 4 is 46.8 Å². The summed E-state index contributed by atoms with van der Waals surface area (Å²) in [4.78, 5) is 49.1. The molecule has 0 spiro atoms. The third kappa shape index (κ3) is 4.50. The van der Waals surface area contributed by atoms with Gasteiger partial charge in [-0.2, -0.15) is 0 Å². The summed E-state index contributed by atoms with van der Waals surface area (Å²) < 4.78 is 5.21. The number of benzene rings is 2. The summed E-state index contributed by atoms with van der Waals surface area (Å²) in [6, 6.07) is 10.7. The molecule has 2 heterocycles. The van der Waals surface area contributed by atoms with E-state index in [4.69, 9.17) is 16.3 Å². The van der Waals surface area contributed by atoms with Crippen LogP contribution in [0.2, 0.25) is 5.02 Å². The minimum atomic E-state index is -0.910. The second-order valence-corrected chi connectivity index (χ2v) is 8.70. The lowest BCUT2D eigenvalue weighted by Crippen LogP contribution is -2.70. The average molecular weight is 490 g/mol. The Hall–Kier alpha value is -3.57. The summed E-state index contributed by atoms with van der Waals surface area (Å²) >= 11 is 7.03. The van der Waals surface area contributed by atoms with E-state index in [0.29, 0.717) is 16.1 Å². The number of ether oxygens (including phenoxy) is 1. The Morgan fingerprint density at radius 3 is 2.52 bits per heavy atom. The van der Waals surface area contributed by atoms with Crippen molar-refractivity contribution in [3.63, 3.8) is 0 Å². The van der Waals surface area contributed by atoms with Gasteiger partial charge in [0.2, 0.25) is 0 Å². The van der Waals surface area contributed by atoms with Gasteiger partial charge in [-0.15, -0.1) is 11.8 Å². The fraction of sp³-hybridized carbons (Fsp3) is 0.190. The molecule has 2 aromatic carbocycles. The minimum absolute atomic E-state index is 0.0593. The molecule has 33 heavy (non-hydrogen) atoms. The van der Waals surface area contributed by atoms with Crippen LogP contribution in [0, 0.1) is 10.1 Å². The molecule has 2 N–H and O–H groups in total. The monoisotopic (exact) mass is 489 g/mol. The third-order valence-corrected chi connectivity index (χ3v) is 6.57. The Labute approximate surface area is 196 Å². The van der Waals surface area contributed by atoms with Gasteiger partial charge < -0.3 is 15.2 Å². The van der Waals surface area contributed by atoms with Crippen molar-refractivity contribution in [1.82, 2.24) is 10.2 Å². The molecule has 0 saturated carbocycles. The molecule has 2 aromatic rings. The molecule has 1 unspecified atom stereocenters. The summed E-state index contributed by atoms with van der Waals surface area (Å²) in [5, 5.41) is 23.5. The first-order valence-electron chi connectivity index (χ1n) is 9.60. The van der Waals surface area contributed by atoms with Gasteiger partial charge in [-0.1, -0.05) is 11.6 Å². The van der Waals surface area contributed by atoms with E-state index in [-0.39, 0.29) is 29.5 Å². The number of nitro benzene ring substituents is 1. The molecule has 1 saturated heterocycles. The molecule has 12 heteroatoms. The van der Waals surface area contributed by atoms with Crippen LogP contribution in [0.25, 0.3) is 0 Å². The maximum Gasteiger partial charge on any atom is 0.358 e. The lowest BCUT2D eigenvalue weighted by molar-refractivity contribution is -0.384.